The Hall–Kier alpha value is -3.41. The molecule has 6 nitrogen and oxygen atoms in total. The van der Waals surface area contributed by atoms with E-state index >= 15 is 0 Å². The van der Waals surface area contributed by atoms with Gasteiger partial charge in [0, 0.05) is 17.7 Å². The second-order valence-electron chi connectivity index (χ2n) is 4.70. The summed E-state index contributed by atoms with van der Waals surface area (Å²) in [4.78, 5) is 20.8. The highest BCUT2D eigenvalue weighted by molar-refractivity contribution is 5.72. The maximum absolute atomic E-state index is 10.6. The van der Waals surface area contributed by atoms with Gasteiger partial charge in [-0.3, -0.25) is 14.9 Å². The maximum Gasteiger partial charge on any atom is 0.269 e. The fourth-order valence-electron chi connectivity index (χ4n) is 2.03. The minimum Gasteiger partial charge on any atom is -0.457 e. The summed E-state index contributed by atoms with van der Waals surface area (Å²) in [5.74, 6) is 1.95. The third-order valence-electron chi connectivity index (χ3n) is 3.17. The second-order valence-corrected chi connectivity index (χ2v) is 4.70. The molecule has 0 atom stereocenters. The van der Waals surface area contributed by atoms with Gasteiger partial charge in [-0.1, -0.05) is 0 Å². The fourth-order valence-corrected chi connectivity index (χ4v) is 2.03. The molecule has 1 heterocycles. The Morgan fingerprint density at radius 3 is 2.04 bits per heavy atom. The van der Waals surface area contributed by atoms with Crippen molar-refractivity contribution in [2.75, 3.05) is 0 Å². The van der Waals surface area contributed by atoms with Crippen LogP contribution >= 0.6 is 0 Å². The van der Waals surface area contributed by atoms with Crippen molar-refractivity contribution in [3.05, 3.63) is 76.5 Å². The van der Waals surface area contributed by atoms with Gasteiger partial charge in [-0.15, -0.1) is 0 Å². The molecule has 3 rings (SSSR count). The van der Waals surface area contributed by atoms with Gasteiger partial charge < -0.3 is 9.15 Å². The van der Waals surface area contributed by atoms with Gasteiger partial charge in [0.2, 0.25) is 0 Å². The average Bonchev–Trinajstić information content (AvgIpc) is 3.05. The predicted molar refractivity (Wildman–Crippen MR) is 82.7 cm³/mol. The van der Waals surface area contributed by atoms with E-state index in [1.807, 2.05) is 0 Å². The molecular formula is C17H11NO5. The van der Waals surface area contributed by atoms with Crippen molar-refractivity contribution in [3.63, 3.8) is 0 Å². The Labute approximate surface area is 131 Å². The van der Waals surface area contributed by atoms with Crippen LogP contribution in [0.3, 0.4) is 0 Å². The molecule has 0 aliphatic carbocycles. The highest BCUT2D eigenvalue weighted by atomic mass is 16.6. The summed E-state index contributed by atoms with van der Waals surface area (Å²) < 4.78 is 11.0. The van der Waals surface area contributed by atoms with E-state index in [4.69, 9.17) is 9.15 Å². The molecule has 0 saturated carbocycles. The summed E-state index contributed by atoms with van der Waals surface area (Å²) in [5, 5.41) is 10.6. The highest BCUT2D eigenvalue weighted by Crippen LogP contribution is 2.27. The smallest absolute Gasteiger partial charge is 0.269 e. The van der Waals surface area contributed by atoms with Gasteiger partial charge in [0.15, 0.2) is 12.0 Å². The van der Waals surface area contributed by atoms with Crippen molar-refractivity contribution in [2.45, 2.75) is 0 Å². The number of nitro benzene ring substituents is 1. The lowest BCUT2D eigenvalue weighted by molar-refractivity contribution is -0.384. The van der Waals surface area contributed by atoms with Crippen molar-refractivity contribution >= 4 is 12.0 Å². The summed E-state index contributed by atoms with van der Waals surface area (Å²) in [6.07, 6.45) is 0.648. The van der Waals surface area contributed by atoms with Gasteiger partial charge in [0.25, 0.3) is 5.69 Å². The Kier molecular flexibility index (Phi) is 3.88. The van der Waals surface area contributed by atoms with E-state index in [0.717, 1.165) is 5.56 Å². The van der Waals surface area contributed by atoms with Crippen molar-refractivity contribution in [1.82, 2.24) is 0 Å². The topological polar surface area (TPSA) is 82.6 Å². The van der Waals surface area contributed by atoms with Crippen LogP contribution in [0.4, 0.5) is 5.69 Å². The molecule has 0 fully saturated rings. The number of non-ortho nitro benzene ring substituents is 1. The molecule has 0 bridgehead atoms. The van der Waals surface area contributed by atoms with Crippen molar-refractivity contribution in [3.8, 4) is 22.8 Å². The molecule has 0 amide bonds. The number of carbonyl (C=O) groups is 1. The lowest BCUT2D eigenvalue weighted by Gasteiger charge is -2.06. The number of nitro groups is 1. The van der Waals surface area contributed by atoms with Crippen LogP contribution in [0.1, 0.15) is 10.6 Å². The Morgan fingerprint density at radius 2 is 1.52 bits per heavy atom. The summed E-state index contributed by atoms with van der Waals surface area (Å²) in [5.41, 5.74) is 0.825. The van der Waals surface area contributed by atoms with Gasteiger partial charge >= 0.3 is 0 Å². The molecule has 23 heavy (non-hydrogen) atoms. The second kappa shape index (κ2) is 6.15. The summed E-state index contributed by atoms with van der Waals surface area (Å²) in [6, 6.07) is 16.3. The average molecular weight is 309 g/mol. The number of carbonyl (C=O) groups excluding carboxylic acids is 1. The Bertz CT molecular complexity index is 834. The van der Waals surface area contributed by atoms with E-state index in [-0.39, 0.29) is 11.4 Å². The maximum atomic E-state index is 10.6. The van der Waals surface area contributed by atoms with Crippen LogP contribution in [0.25, 0.3) is 11.3 Å². The third-order valence-corrected chi connectivity index (χ3v) is 3.17. The minimum atomic E-state index is -0.463. The van der Waals surface area contributed by atoms with Crippen molar-refractivity contribution in [1.29, 1.82) is 0 Å². The molecule has 1 aromatic heterocycles. The number of aldehydes is 1. The number of furan rings is 1. The molecule has 0 aliphatic rings. The zero-order chi connectivity index (χ0) is 16.2. The van der Waals surface area contributed by atoms with E-state index in [0.29, 0.717) is 23.5 Å². The van der Waals surface area contributed by atoms with Crippen molar-refractivity contribution < 1.29 is 18.9 Å². The highest BCUT2D eigenvalue weighted by Gasteiger charge is 2.07. The Morgan fingerprint density at radius 1 is 0.913 bits per heavy atom. The summed E-state index contributed by atoms with van der Waals surface area (Å²) in [6.45, 7) is 0. The first kappa shape index (κ1) is 14.5. The van der Waals surface area contributed by atoms with E-state index < -0.39 is 4.92 Å². The SMILES string of the molecule is O=Cc1ccc(-c2ccc(Oc3ccc([N+](=O)[O-])cc3)cc2)o1. The number of hydrogen-bond donors (Lipinski definition) is 0. The zero-order valence-electron chi connectivity index (χ0n) is 11.8. The molecule has 0 N–H and O–H groups in total. The van der Waals surface area contributed by atoms with Gasteiger partial charge in [-0.2, -0.15) is 0 Å². The molecule has 0 aliphatic heterocycles. The standard InChI is InChI=1S/C17H11NO5/c19-11-16-9-10-17(23-16)12-1-5-14(6-2-12)22-15-7-3-13(4-8-15)18(20)21/h1-11H. The van der Waals surface area contributed by atoms with Gasteiger partial charge in [-0.25, -0.2) is 0 Å². The van der Waals surface area contributed by atoms with Gasteiger partial charge in [0.1, 0.15) is 17.3 Å². The number of hydrogen-bond acceptors (Lipinski definition) is 5. The van der Waals surface area contributed by atoms with Crippen molar-refractivity contribution in [2.24, 2.45) is 0 Å². The monoisotopic (exact) mass is 309 g/mol. The first-order valence-electron chi connectivity index (χ1n) is 6.73. The molecular weight excluding hydrogens is 298 g/mol. The van der Waals surface area contributed by atoms with Crippen LogP contribution in [0.5, 0.6) is 11.5 Å². The lowest BCUT2D eigenvalue weighted by atomic mass is 10.2. The van der Waals surface area contributed by atoms with Crippen LogP contribution in [0.2, 0.25) is 0 Å². The van der Waals surface area contributed by atoms with Crippen LogP contribution in [-0.2, 0) is 0 Å². The predicted octanol–water partition coefficient (Wildman–Crippen LogP) is 4.46. The van der Waals surface area contributed by atoms with E-state index in [1.54, 1.807) is 36.4 Å². The normalized spacial score (nSPS) is 10.3. The third kappa shape index (κ3) is 3.26. The zero-order valence-corrected chi connectivity index (χ0v) is 11.8. The van der Waals surface area contributed by atoms with Gasteiger partial charge in [0.05, 0.1) is 4.92 Å². The molecule has 0 saturated heterocycles. The van der Waals surface area contributed by atoms with E-state index in [2.05, 4.69) is 0 Å². The number of rotatable bonds is 5. The van der Waals surface area contributed by atoms with Gasteiger partial charge in [-0.05, 0) is 48.5 Å². The van der Waals surface area contributed by atoms with Crippen LogP contribution in [0, 0.1) is 10.1 Å². The van der Waals surface area contributed by atoms with E-state index in [9.17, 15) is 14.9 Å². The number of nitrogens with zero attached hydrogens (tertiary/aromatic N) is 1. The fraction of sp³-hybridized carbons (Fsp3) is 0. The molecule has 2 aromatic carbocycles. The van der Waals surface area contributed by atoms with E-state index in [1.165, 1.54) is 24.3 Å². The minimum absolute atomic E-state index is 0.0106. The molecule has 0 unspecified atom stereocenters. The molecule has 114 valence electrons. The molecule has 3 aromatic rings. The van der Waals surface area contributed by atoms with Crippen LogP contribution in [-0.4, -0.2) is 11.2 Å². The first-order chi connectivity index (χ1) is 11.2. The molecule has 0 spiro atoms. The summed E-state index contributed by atoms with van der Waals surface area (Å²) >= 11 is 0. The summed E-state index contributed by atoms with van der Waals surface area (Å²) in [7, 11) is 0. The Balaban J connectivity index is 1.74. The van der Waals surface area contributed by atoms with Crippen LogP contribution < -0.4 is 4.74 Å². The number of benzene rings is 2. The lowest BCUT2D eigenvalue weighted by Crippen LogP contribution is -1.88. The van der Waals surface area contributed by atoms with Crippen LogP contribution in [0.15, 0.2) is 65.1 Å². The molecule has 6 heteroatoms. The largest absolute Gasteiger partial charge is 0.457 e. The molecule has 0 radical (unpaired) electrons. The quantitative estimate of drug-likeness (QED) is 0.395. The number of ether oxygens (including phenoxy) is 1. The first-order valence-corrected chi connectivity index (χ1v) is 6.73.